The van der Waals surface area contributed by atoms with E-state index in [0.29, 0.717) is 0 Å². The van der Waals surface area contributed by atoms with Crippen LogP contribution < -0.4 is 0 Å². The molecule has 0 saturated carbocycles. The van der Waals surface area contributed by atoms with Crippen LogP contribution in [0.3, 0.4) is 0 Å². The predicted octanol–water partition coefficient (Wildman–Crippen LogP) is 1.37. The largest absolute Gasteiger partial charge is 0.473 e. The third kappa shape index (κ3) is 5.42. The third-order valence-electron chi connectivity index (χ3n) is 1.75. The number of thiophene rings is 2. The summed E-state index contributed by atoms with van der Waals surface area (Å²) in [5.41, 5.74) is 1.58. The van der Waals surface area contributed by atoms with Crippen LogP contribution in [-0.2, 0) is 9.59 Å². The van der Waals surface area contributed by atoms with Gasteiger partial charge in [-0.05, 0) is 22.9 Å². The van der Waals surface area contributed by atoms with Gasteiger partial charge in [-0.1, -0.05) is 0 Å². The topological polar surface area (TPSA) is 123 Å². The molecule has 19 heavy (non-hydrogen) atoms. The molecule has 8 heteroatoms. The van der Waals surface area contributed by atoms with Gasteiger partial charge in [0, 0.05) is 21.9 Å². The lowest BCUT2D eigenvalue weighted by Gasteiger charge is -1.90. The highest BCUT2D eigenvalue weighted by molar-refractivity contribution is 7.08. The Morgan fingerprint density at radius 2 is 1.21 bits per heavy atom. The number of rotatable bonds is 2. The lowest BCUT2D eigenvalue weighted by molar-refractivity contribution is -0.159. The van der Waals surface area contributed by atoms with Gasteiger partial charge in [-0.2, -0.15) is 22.7 Å². The first-order valence-corrected chi connectivity index (χ1v) is 6.46. The summed E-state index contributed by atoms with van der Waals surface area (Å²) in [5.74, 6) is -3.53. The predicted molar refractivity (Wildman–Crippen MR) is 71.0 cm³/mol. The second-order valence-corrected chi connectivity index (χ2v) is 4.52. The molecule has 6 nitrogen and oxygen atoms in total. The molecule has 0 unspecified atom stereocenters. The van der Waals surface area contributed by atoms with Crippen molar-refractivity contribution in [1.29, 1.82) is 0 Å². The molecule has 0 bridgehead atoms. The number of ketones is 1. The molecule has 0 aromatic carbocycles. The number of carboxylic acids is 2. The van der Waals surface area contributed by atoms with E-state index < -0.39 is 11.9 Å². The molecule has 0 radical (unpaired) electrons. The highest BCUT2D eigenvalue weighted by Crippen LogP contribution is 2.14. The van der Waals surface area contributed by atoms with Crippen LogP contribution in [-0.4, -0.2) is 33.4 Å². The zero-order valence-electron chi connectivity index (χ0n) is 9.40. The Balaban J connectivity index is 0.000000404. The molecule has 0 saturated heterocycles. The molecule has 2 rings (SSSR count). The summed E-state index contributed by atoms with van der Waals surface area (Å²) >= 11 is 3.10. The number of carbonyl (C=O) groups is 3. The molecule has 102 valence electrons. The molecule has 2 aromatic rings. The molecule has 0 amide bonds. The fourth-order valence-electron chi connectivity index (χ4n) is 0.954. The van der Waals surface area contributed by atoms with E-state index >= 15 is 0 Å². The van der Waals surface area contributed by atoms with Gasteiger partial charge in [0.25, 0.3) is 0 Å². The van der Waals surface area contributed by atoms with Crippen molar-refractivity contribution in [2.45, 2.75) is 0 Å². The Bertz CT molecular complexity index is 481. The van der Waals surface area contributed by atoms with Crippen LogP contribution in [0.2, 0.25) is 0 Å². The highest BCUT2D eigenvalue weighted by atomic mass is 32.1. The second-order valence-electron chi connectivity index (χ2n) is 2.96. The van der Waals surface area contributed by atoms with Crippen molar-refractivity contribution < 1.29 is 30.1 Å². The third-order valence-corrected chi connectivity index (χ3v) is 3.12. The number of aliphatic carboxylic acids is 2. The van der Waals surface area contributed by atoms with Crippen LogP contribution >= 0.6 is 22.7 Å². The average Bonchev–Trinajstić information content (AvgIpc) is 3.02. The van der Waals surface area contributed by atoms with Gasteiger partial charge in [0.2, 0.25) is 0 Å². The quantitative estimate of drug-likeness (QED) is 0.640. The molecule has 4 N–H and O–H groups in total. The average molecular weight is 302 g/mol. The van der Waals surface area contributed by atoms with E-state index in [0.717, 1.165) is 11.1 Å². The summed E-state index contributed by atoms with van der Waals surface area (Å²) in [6, 6.07) is 3.70. The first-order chi connectivity index (χ1) is 8.52. The van der Waals surface area contributed by atoms with Gasteiger partial charge in [0.1, 0.15) is 0 Å². The molecule has 0 aliphatic heterocycles. The van der Waals surface area contributed by atoms with Crippen molar-refractivity contribution in [3.63, 3.8) is 0 Å². The maximum Gasteiger partial charge on any atom is 0.414 e. The van der Waals surface area contributed by atoms with Gasteiger partial charge in [-0.3, -0.25) is 4.79 Å². The Kier molecular flexibility index (Phi) is 7.27. The number of hydrogen-bond donors (Lipinski definition) is 2. The number of carbonyl (C=O) groups excluding carboxylic acids is 1. The van der Waals surface area contributed by atoms with E-state index in [-0.39, 0.29) is 11.3 Å². The summed E-state index contributed by atoms with van der Waals surface area (Å²) in [6.07, 6.45) is 0. The van der Waals surface area contributed by atoms with Crippen LogP contribution in [0.5, 0.6) is 0 Å². The van der Waals surface area contributed by atoms with E-state index in [1.807, 2.05) is 33.7 Å². The molecule has 0 atom stereocenters. The van der Waals surface area contributed by atoms with Crippen molar-refractivity contribution in [3.05, 3.63) is 44.8 Å². The Labute approximate surface area is 115 Å². The molecule has 0 aliphatic rings. The standard InChI is InChI=1S/C9H6OS2.C2H2O4.H2O/c10-9(7-1-3-11-5-7)8-2-4-12-6-8;3-1(4)2(5)6;/h1-6H;(H,3,4)(H,5,6);1H2. The summed E-state index contributed by atoms with van der Waals surface area (Å²) in [7, 11) is 0. The fourth-order valence-corrected chi connectivity index (χ4v) is 2.23. The summed E-state index contributed by atoms with van der Waals surface area (Å²) in [5, 5.41) is 22.4. The van der Waals surface area contributed by atoms with E-state index in [4.69, 9.17) is 19.8 Å². The van der Waals surface area contributed by atoms with Gasteiger partial charge in [-0.15, -0.1) is 0 Å². The van der Waals surface area contributed by atoms with Crippen molar-refractivity contribution >= 4 is 40.4 Å². The number of hydrogen-bond acceptors (Lipinski definition) is 5. The second kappa shape index (κ2) is 8.14. The van der Waals surface area contributed by atoms with Crippen LogP contribution in [0.4, 0.5) is 0 Å². The van der Waals surface area contributed by atoms with E-state index in [2.05, 4.69) is 0 Å². The van der Waals surface area contributed by atoms with Gasteiger partial charge >= 0.3 is 11.9 Å². The van der Waals surface area contributed by atoms with E-state index in [1.54, 1.807) is 22.7 Å². The minimum absolute atomic E-state index is 0. The molecule has 2 heterocycles. The van der Waals surface area contributed by atoms with Crippen molar-refractivity contribution in [3.8, 4) is 0 Å². The molecular weight excluding hydrogens is 292 g/mol. The smallest absolute Gasteiger partial charge is 0.414 e. The monoisotopic (exact) mass is 302 g/mol. The van der Waals surface area contributed by atoms with Crippen molar-refractivity contribution in [2.24, 2.45) is 0 Å². The van der Waals surface area contributed by atoms with Crippen LogP contribution in [0.15, 0.2) is 33.7 Å². The van der Waals surface area contributed by atoms with Crippen LogP contribution in [0, 0.1) is 0 Å². The van der Waals surface area contributed by atoms with Gasteiger partial charge < -0.3 is 15.7 Å². The lowest BCUT2D eigenvalue weighted by Crippen LogP contribution is -2.09. The van der Waals surface area contributed by atoms with Gasteiger partial charge in [-0.25, -0.2) is 9.59 Å². The first kappa shape index (κ1) is 17.0. The number of carboxylic acid groups (broad SMARTS) is 2. The molecule has 0 spiro atoms. The van der Waals surface area contributed by atoms with Crippen LogP contribution in [0.1, 0.15) is 15.9 Å². The summed E-state index contributed by atoms with van der Waals surface area (Å²) in [4.78, 5) is 29.8. The molecule has 2 aromatic heterocycles. The fraction of sp³-hybridized carbons (Fsp3) is 0. The zero-order chi connectivity index (χ0) is 13.5. The minimum Gasteiger partial charge on any atom is -0.473 e. The molecular formula is C11H10O6S2. The van der Waals surface area contributed by atoms with Crippen LogP contribution in [0.25, 0.3) is 0 Å². The molecule has 0 fully saturated rings. The van der Waals surface area contributed by atoms with Gasteiger partial charge in [0.05, 0.1) is 0 Å². The van der Waals surface area contributed by atoms with Crippen molar-refractivity contribution in [1.82, 2.24) is 0 Å². The lowest BCUT2D eigenvalue weighted by atomic mass is 10.1. The Hall–Kier alpha value is -2.03. The Morgan fingerprint density at radius 1 is 0.842 bits per heavy atom. The Morgan fingerprint density at radius 3 is 1.42 bits per heavy atom. The van der Waals surface area contributed by atoms with E-state index in [9.17, 15) is 4.79 Å². The summed E-state index contributed by atoms with van der Waals surface area (Å²) < 4.78 is 0. The first-order valence-electron chi connectivity index (χ1n) is 4.57. The van der Waals surface area contributed by atoms with E-state index in [1.165, 1.54) is 0 Å². The maximum atomic E-state index is 11.6. The SMILES string of the molecule is O.O=C(O)C(=O)O.O=C(c1ccsc1)c1ccsc1. The minimum atomic E-state index is -1.82. The molecule has 0 aliphatic carbocycles. The van der Waals surface area contributed by atoms with Crippen molar-refractivity contribution in [2.75, 3.05) is 0 Å². The summed E-state index contributed by atoms with van der Waals surface area (Å²) in [6.45, 7) is 0. The normalized spacial score (nSPS) is 8.63. The maximum absolute atomic E-state index is 11.6. The van der Waals surface area contributed by atoms with Gasteiger partial charge in [0.15, 0.2) is 5.78 Å². The highest BCUT2D eigenvalue weighted by Gasteiger charge is 2.08. The zero-order valence-corrected chi connectivity index (χ0v) is 11.0.